The van der Waals surface area contributed by atoms with Crippen molar-refractivity contribution >= 4 is 5.78 Å². The van der Waals surface area contributed by atoms with Crippen molar-refractivity contribution in [2.24, 2.45) is 0 Å². The van der Waals surface area contributed by atoms with Crippen LogP contribution in [0.5, 0.6) is 0 Å². The average Bonchev–Trinajstić information content (AvgIpc) is 2.05. The van der Waals surface area contributed by atoms with Gasteiger partial charge in [-0.2, -0.15) is 0 Å². The van der Waals surface area contributed by atoms with Crippen molar-refractivity contribution in [3.05, 3.63) is 24.3 Å². The second kappa shape index (κ2) is 3.18. The Balaban J connectivity index is 2.86. The van der Waals surface area contributed by atoms with Crippen LogP contribution in [0, 0.1) is 0 Å². The van der Waals surface area contributed by atoms with E-state index < -0.39 is 12.1 Å². The summed E-state index contributed by atoms with van der Waals surface area (Å²) >= 11 is 0. The Kier molecular flexibility index (Phi) is 2.25. The lowest BCUT2D eigenvalue weighted by atomic mass is 10.3. The molecule has 0 aromatic carbocycles. The first-order valence-electron chi connectivity index (χ1n) is 2.89. The molecular formula is C6H6N2O3. The van der Waals surface area contributed by atoms with Crippen LogP contribution >= 0.6 is 0 Å². The lowest BCUT2D eigenvalue weighted by Crippen LogP contribution is -2.21. The highest BCUT2D eigenvalue weighted by molar-refractivity contribution is 5.94. The number of ketones is 1. The van der Waals surface area contributed by atoms with Crippen molar-refractivity contribution in [2.45, 2.75) is 6.29 Å². The van der Waals surface area contributed by atoms with Crippen molar-refractivity contribution in [2.75, 3.05) is 0 Å². The fourth-order valence-corrected chi connectivity index (χ4v) is 0.542. The van der Waals surface area contributed by atoms with E-state index in [0.717, 1.165) is 0 Å². The van der Waals surface area contributed by atoms with E-state index in [9.17, 15) is 4.79 Å². The van der Waals surface area contributed by atoms with Gasteiger partial charge < -0.3 is 10.2 Å². The number of rotatable bonds is 2. The molecule has 0 radical (unpaired) electrons. The summed E-state index contributed by atoms with van der Waals surface area (Å²) in [5.74, 6) is -1.09. The van der Waals surface area contributed by atoms with Crippen LogP contribution in [0.2, 0.25) is 0 Å². The number of nitrogens with zero attached hydrogens (tertiary/aromatic N) is 2. The summed E-state index contributed by atoms with van der Waals surface area (Å²) in [6.07, 6.45) is 0.669. The first-order chi connectivity index (χ1) is 5.22. The van der Waals surface area contributed by atoms with E-state index in [1.54, 1.807) is 0 Å². The first-order valence-corrected chi connectivity index (χ1v) is 2.89. The Hall–Kier alpha value is -1.33. The molecule has 11 heavy (non-hydrogen) atoms. The van der Waals surface area contributed by atoms with E-state index in [1.807, 2.05) is 0 Å². The number of aliphatic hydroxyl groups is 2. The Morgan fingerprint density at radius 2 is 1.91 bits per heavy atom. The highest BCUT2D eigenvalue weighted by Crippen LogP contribution is 1.92. The van der Waals surface area contributed by atoms with Crippen LogP contribution in [0.25, 0.3) is 0 Å². The number of carbonyl (C=O) groups is 1. The van der Waals surface area contributed by atoms with Gasteiger partial charge in [0, 0.05) is 12.4 Å². The third-order valence-corrected chi connectivity index (χ3v) is 1.02. The predicted octanol–water partition coefficient (Wildman–Crippen LogP) is -1.03. The third-order valence-electron chi connectivity index (χ3n) is 1.02. The van der Waals surface area contributed by atoms with Gasteiger partial charge in [0.15, 0.2) is 0 Å². The Labute approximate surface area is 62.4 Å². The fraction of sp³-hybridized carbons (Fsp3) is 0.167. The average molecular weight is 154 g/mol. The molecule has 0 aliphatic rings. The van der Waals surface area contributed by atoms with E-state index >= 15 is 0 Å². The summed E-state index contributed by atoms with van der Waals surface area (Å²) in [7, 11) is 0. The minimum atomic E-state index is -2.03. The van der Waals surface area contributed by atoms with Gasteiger partial charge in [-0.3, -0.25) is 4.79 Å². The summed E-state index contributed by atoms with van der Waals surface area (Å²) in [6.45, 7) is 0. The molecule has 0 spiro atoms. The molecule has 58 valence electrons. The summed E-state index contributed by atoms with van der Waals surface area (Å²) in [4.78, 5) is 17.8. The maximum absolute atomic E-state index is 10.7. The molecular weight excluding hydrogens is 148 g/mol. The van der Waals surface area contributed by atoms with Crippen LogP contribution in [0.1, 0.15) is 10.6 Å². The molecule has 0 saturated heterocycles. The highest BCUT2D eigenvalue weighted by atomic mass is 16.5. The van der Waals surface area contributed by atoms with E-state index in [-0.39, 0.29) is 5.82 Å². The second-order valence-corrected chi connectivity index (χ2v) is 1.81. The van der Waals surface area contributed by atoms with Gasteiger partial charge in [0.25, 0.3) is 5.78 Å². The van der Waals surface area contributed by atoms with E-state index in [4.69, 9.17) is 10.2 Å². The number of hydrogen-bond acceptors (Lipinski definition) is 5. The number of Topliss-reactive ketones (excluding diaryl/α,β-unsaturated/α-hetero) is 1. The number of aliphatic hydroxyl groups excluding tert-OH is 1. The monoisotopic (exact) mass is 154 g/mol. The normalized spacial score (nSPS) is 10.1. The van der Waals surface area contributed by atoms with Crippen molar-refractivity contribution in [1.29, 1.82) is 0 Å². The zero-order valence-corrected chi connectivity index (χ0v) is 5.51. The number of hydrogen-bond donors (Lipinski definition) is 2. The van der Waals surface area contributed by atoms with Crippen molar-refractivity contribution < 1.29 is 15.0 Å². The van der Waals surface area contributed by atoms with Crippen molar-refractivity contribution in [1.82, 2.24) is 9.97 Å². The molecule has 0 aliphatic heterocycles. The molecule has 5 nitrogen and oxygen atoms in total. The van der Waals surface area contributed by atoms with Gasteiger partial charge in [-0.15, -0.1) is 0 Å². The lowest BCUT2D eigenvalue weighted by Gasteiger charge is -1.98. The summed E-state index contributed by atoms with van der Waals surface area (Å²) < 4.78 is 0. The second-order valence-electron chi connectivity index (χ2n) is 1.81. The standard InChI is InChI=1S/C6H6N2O3/c9-4(6(10)11)5-7-2-1-3-8-5/h1-3,6,10-11H. The van der Waals surface area contributed by atoms with E-state index in [2.05, 4.69) is 9.97 Å². The molecule has 0 unspecified atom stereocenters. The molecule has 1 aromatic heterocycles. The number of aromatic nitrogens is 2. The zero-order chi connectivity index (χ0) is 8.27. The van der Waals surface area contributed by atoms with Gasteiger partial charge in [-0.25, -0.2) is 9.97 Å². The maximum Gasteiger partial charge on any atom is 0.255 e. The molecule has 0 bridgehead atoms. The molecule has 1 heterocycles. The molecule has 1 rings (SSSR count). The minimum Gasteiger partial charge on any atom is -0.362 e. The summed E-state index contributed by atoms with van der Waals surface area (Å²) in [5, 5.41) is 16.8. The SMILES string of the molecule is O=C(c1ncccn1)C(O)O. The predicted molar refractivity (Wildman–Crippen MR) is 34.6 cm³/mol. The van der Waals surface area contributed by atoms with Crippen LogP contribution in [-0.4, -0.2) is 32.3 Å². The zero-order valence-electron chi connectivity index (χ0n) is 5.51. The van der Waals surface area contributed by atoms with Crippen LogP contribution in [0.4, 0.5) is 0 Å². The summed E-state index contributed by atoms with van der Waals surface area (Å²) in [6, 6.07) is 1.53. The van der Waals surface area contributed by atoms with Gasteiger partial charge in [0.05, 0.1) is 0 Å². The fourth-order valence-electron chi connectivity index (χ4n) is 0.542. The number of carbonyl (C=O) groups excluding carboxylic acids is 1. The molecule has 1 aromatic rings. The third kappa shape index (κ3) is 1.79. The van der Waals surface area contributed by atoms with Gasteiger partial charge in [0.1, 0.15) is 0 Å². The molecule has 0 aliphatic carbocycles. The Morgan fingerprint density at radius 3 is 2.36 bits per heavy atom. The minimum absolute atomic E-state index is 0.192. The van der Waals surface area contributed by atoms with Crippen molar-refractivity contribution in [3.63, 3.8) is 0 Å². The topological polar surface area (TPSA) is 83.3 Å². The highest BCUT2D eigenvalue weighted by Gasteiger charge is 2.15. The van der Waals surface area contributed by atoms with Crippen LogP contribution in [-0.2, 0) is 0 Å². The molecule has 2 N–H and O–H groups in total. The molecule has 0 saturated carbocycles. The smallest absolute Gasteiger partial charge is 0.255 e. The van der Waals surface area contributed by atoms with Gasteiger partial charge in [0.2, 0.25) is 12.1 Å². The maximum atomic E-state index is 10.7. The van der Waals surface area contributed by atoms with Crippen LogP contribution in [0.3, 0.4) is 0 Å². The van der Waals surface area contributed by atoms with Gasteiger partial charge in [-0.05, 0) is 6.07 Å². The Morgan fingerprint density at radius 1 is 1.36 bits per heavy atom. The summed E-state index contributed by atoms with van der Waals surface area (Å²) in [5.41, 5.74) is 0. The van der Waals surface area contributed by atoms with Crippen LogP contribution < -0.4 is 0 Å². The van der Waals surface area contributed by atoms with E-state index in [0.29, 0.717) is 0 Å². The molecule has 0 atom stereocenters. The molecule has 0 amide bonds. The van der Waals surface area contributed by atoms with Crippen LogP contribution in [0.15, 0.2) is 18.5 Å². The molecule has 0 fully saturated rings. The van der Waals surface area contributed by atoms with Crippen molar-refractivity contribution in [3.8, 4) is 0 Å². The lowest BCUT2D eigenvalue weighted by molar-refractivity contribution is -0.0202. The molecule has 5 heteroatoms. The van der Waals surface area contributed by atoms with Gasteiger partial charge >= 0.3 is 0 Å². The largest absolute Gasteiger partial charge is 0.362 e. The first kappa shape index (κ1) is 7.77. The quantitative estimate of drug-likeness (QED) is 0.420. The van der Waals surface area contributed by atoms with Gasteiger partial charge in [-0.1, -0.05) is 0 Å². The Bertz CT molecular complexity index is 247. The van der Waals surface area contributed by atoms with E-state index in [1.165, 1.54) is 18.5 Å².